The third-order valence-corrected chi connectivity index (χ3v) is 4.10. The van der Waals surface area contributed by atoms with E-state index in [2.05, 4.69) is 0 Å². The van der Waals surface area contributed by atoms with Gasteiger partial charge in [0.2, 0.25) is 0 Å². The number of hydrogen-bond donors (Lipinski definition) is 2. The van der Waals surface area contributed by atoms with E-state index in [0.29, 0.717) is 0 Å². The monoisotopic (exact) mass is 481 g/mol. The van der Waals surface area contributed by atoms with Gasteiger partial charge in [-0.2, -0.15) is 6.61 Å². The summed E-state index contributed by atoms with van der Waals surface area (Å²) in [6.07, 6.45) is 4.54. The molecule has 0 aromatic heterocycles. The maximum atomic E-state index is 9.41. The molecule has 1 saturated carbocycles. The topological polar surface area (TPSA) is 68.2 Å². The second kappa shape index (κ2) is 5.69. The maximum Gasteiger partial charge on any atom is 0.166 e. The van der Waals surface area contributed by atoms with Gasteiger partial charge in [0.25, 0.3) is 0 Å². The minimum atomic E-state index is -1.04. The Kier molecular flexibility index (Phi) is 4.82. The Morgan fingerprint density at radius 1 is 1.06 bits per heavy atom. The second-order valence-corrected chi connectivity index (χ2v) is 5.23. The molecular weight excluding hydrogens is 462 g/mol. The van der Waals surface area contributed by atoms with Crippen LogP contribution in [0.2, 0.25) is 0 Å². The molecule has 2 aliphatic heterocycles. The van der Waals surface area contributed by atoms with E-state index >= 15 is 0 Å². The van der Waals surface area contributed by atoms with E-state index in [-0.39, 0.29) is 50.4 Å². The van der Waals surface area contributed by atoms with Crippen LogP contribution in [-0.2, 0) is 14.2 Å². The SMILES string of the molecule is OCC1(CO)O[CH-][C@H]2OC3(CCCCC3)OC21.[U]. The fraction of sp³-hybridized carbons (Fsp3) is 0.917. The summed E-state index contributed by atoms with van der Waals surface area (Å²) >= 11 is 0. The molecule has 0 aromatic rings. The average molecular weight is 481 g/mol. The van der Waals surface area contributed by atoms with Gasteiger partial charge in [-0.05, 0) is 18.9 Å². The van der Waals surface area contributed by atoms with Crippen molar-refractivity contribution in [3.63, 3.8) is 0 Å². The Morgan fingerprint density at radius 2 is 1.72 bits per heavy atom. The van der Waals surface area contributed by atoms with Gasteiger partial charge in [0, 0.05) is 44.0 Å². The number of aliphatic hydroxyl groups excluding tert-OH is 2. The van der Waals surface area contributed by atoms with Crippen molar-refractivity contribution >= 4 is 0 Å². The van der Waals surface area contributed by atoms with Gasteiger partial charge in [-0.15, -0.1) is 0 Å². The second-order valence-electron chi connectivity index (χ2n) is 5.23. The maximum absolute atomic E-state index is 9.41. The summed E-state index contributed by atoms with van der Waals surface area (Å²) in [5.74, 6) is -0.510. The summed E-state index contributed by atoms with van der Waals surface area (Å²) in [7, 11) is 0. The average Bonchev–Trinajstić information content (AvgIpc) is 2.86. The van der Waals surface area contributed by atoms with Crippen molar-refractivity contribution in [3.05, 3.63) is 6.61 Å². The van der Waals surface area contributed by atoms with E-state index in [0.717, 1.165) is 25.7 Å². The molecule has 2 heterocycles. The summed E-state index contributed by atoms with van der Waals surface area (Å²) in [4.78, 5) is 0. The Labute approximate surface area is 131 Å². The smallest absolute Gasteiger partial charge is 0.166 e. The number of aliphatic hydroxyl groups is 2. The van der Waals surface area contributed by atoms with E-state index in [9.17, 15) is 10.2 Å². The predicted molar refractivity (Wildman–Crippen MR) is 57.8 cm³/mol. The molecule has 2 atom stereocenters. The van der Waals surface area contributed by atoms with Crippen molar-refractivity contribution < 1.29 is 55.5 Å². The molecular formula is C12H19O5U-. The minimum absolute atomic E-state index is 0. The fourth-order valence-electron chi connectivity index (χ4n) is 3.04. The normalized spacial score (nSPS) is 36.3. The zero-order valence-corrected chi connectivity index (χ0v) is 14.5. The van der Waals surface area contributed by atoms with Gasteiger partial charge in [-0.25, -0.2) is 0 Å². The molecule has 1 spiro atoms. The first-order chi connectivity index (χ1) is 8.24. The van der Waals surface area contributed by atoms with E-state index in [1.807, 2.05) is 0 Å². The predicted octanol–water partition coefficient (Wildman–Crippen LogP) is 0.346. The standard InChI is InChI=1S/C12H19O5.U/c13-7-11(8-14)10-9(6-15-11)16-12(17-10)4-2-1-3-5-12;/h6,9-10,13-14H,1-5,7-8H2;/q-1;/t9-,10?;/m1./s1. The molecule has 3 fully saturated rings. The Balaban J connectivity index is 0.00000120. The van der Waals surface area contributed by atoms with Crippen molar-refractivity contribution in [3.8, 4) is 0 Å². The van der Waals surface area contributed by atoms with Crippen LogP contribution in [0.15, 0.2) is 0 Å². The van der Waals surface area contributed by atoms with Crippen molar-refractivity contribution in [2.75, 3.05) is 13.2 Å². The summed E-state index contributed by atoms with van der Waals surface area (Å²) in [5, 5.41) is 18.8. The molecule has 0 bridgehead atoms. The number of fused-ring (bicyclic) bond motifs is 1. The molecule has 2 saturated heterocycles. The first-order valence-corrected chi connectivity index (χ1v) is 6.32. The van der Waals surface area contributed by atoms with Gasteiger partial charge in [0.05, 0.1) is 19.3 Å². The Bertz CT molecular complexity index is 288. The summed E-state index contributed by atoms with van der Waals surface area (Å²) < 4.78 is 17.3. The van der Waals surface area contributed by atoms with Crippen molar-refractivity contribution in [2.45, 2.75) is 55.7 Å². The zero-order valence-electron chi connectivity index (χ0n) is 10.3. The Morgan fingerprint density at radius 3 is 2.33 bits per heavy atom. The molecule has 18 heavy (non-hydrogen) atoms. The van der Waals surface area contributed by atoms with E-state index in [4.69, 9.17) is 14.2 Å². The van der Waals surface area contributed by atoms with Gasteiger partial charge in [-0.1, -0.05) is 6.42 Å². The van der Waals surface area contributed by atoms with E-state index < -0.39 is 17.5 Å². The number of rotatable bonds is 2. The molecule has 1 unspecified atom stereocenters. The largest absolute Gasteiger partial charge is 0.540 e. The molecule has 102 valence electrons. The van der Waals surface area contributed by atoms with Crippen LogP contribution in [0.25, 0.3) is 0 Å². The zero-order chi connectivity index (χ0) is 11.9. The van der Waals surface area contributed by atoms with Gasteiger partial charge in [-0.3, -0.25) is 0 Å². The van der Waals surface area contributed by atoms with Crippen molar-refractivity contribution in [1.82, 2.24) is 0 Å². The Hall–Kier alpha value is 0.852. The summed E-state index contributed by atoms with van der Waals surface area (Å²) in [6, 6.07) is 0. The van der Waals surface area contributed by atoms with Crippen LogP contribution in [0.1, 0.15) is 32.1 Å². The molecule has 3 aliphatic rings. The van der Waals surface area contributed by atoms with Gasteiger partial charge in [0.15, 0.2) is 5.79 Å². The van der Waals surface area contributed by atoms with Gasteiger partial charge in [0.1, 0.15) is 5.60 Å². The van der Waals surface area contributed by atoms with Crippen molar-refractivity contribution in [1.29, 1.82) is 0 Å². The summed E-state index contributed by atoms with van der Waals surface area (Å²) in [5.41, 5.74) is -1.04. The van der Waals surface area contributed by atoms with Crippen molar-refractivity contribution in [2.24, 2.45) is 0 Å². The van der Waals surface area contributed by atoms with Crippen LogP contribution in [0.3, 0.4) is 0 Å². The third-order valence-electron chi connectivity index (χ3n) is 4.10. The van der Waals surface area contributed by atoms with Crippen LogP contribution in [0, 0.1) is 37.7 Å². The molecule has 0 aromatic carbocycles. The quantitative estimate of drug-likeness (QED) is 0.558. The third kappa shape index (κ3) is 2.31. The molecule has 1 aliphatic carbocycles. The van der Waals surface area contributed by atoms with Crippen LogP contribution < -0.4 is 0 Å². The minimum Gasteiger partial charge on any atom is -0.540 e. The molecule has 5 nitrogen and oxygen atoms in total. The van der Waals surface area contributed by atoms with Crippen LogP contribution in [0.4, 0.5) is 0 Å². The van der Waals surface area contributed by atoms with Crippen LogP contribution >= 0.6 is 0 Å². The van der Waals surface area contributed by atoms with E-state index in [1.165, 1.54) is 6.42 Å². The van der Waals surface area contributed by atoms with Crippen LogP contribution in [0.5, 0.6) is 0 Å². The molecule has 0 radical (unpaired) electrons. The van der Waals surface area contributed by atoms with Gasteiger partial charge < -0.3 is 24.4 Å². The van der Waals surface area contributed by atoms with E-state index in [1.54, 1.807) is 6.61 Å². The molecule has 6 heteroatoms. The fourth-order valence-corrected chi connectivity index (χ4v) is 3.04. The first kappa shape index (κ1) is 15.2. The van der Waals surface area contributed by atoms with Gasteiger partial charge >= 0.3 is 0 Å². The number of hydrogen-bond acceptors (Lipinski definition) is 5. The first-order valence-electron chi connectivity index (χ1n) is 6.32. The number of ether oxygens (including phenoxy) is 3. The summed E-state index contributed by atoms with van der Waals surface area (Å²) in [6.45, 7) is 1.03. The molecule has 0 amide bonds. The van der Waals surface area contributed by atoms with Crippen LogP contribution in [-0.4, -0.2) is 47.0 Å². The molecule has 3 rings (SSSR count). The molecule has 2 N–H and O–H groups in total.